The summed E-state index contributed by atoms with van der Waals surface area (Å²) in [5.41, 5.74) is 2.46. The first kappa shape index (κ1) is 22.7. The largest absolute Gasteiger partial charge is 0.493 e. The van der Waals surface area contributed by atoms with Crippen LogP contribution in [0.15, 0.2) is 59.0 Å². The van der Waals surface area contributed by atoms with E-state index in [4.69, 9.17) is 21.1 Å². The van der Waals surface area contributed by atoms with E-state index in [2.05, 4.69) is 16.9 Å². The topological polar surface area (TPSA) is 77.0 Å². The Kier molecular flexibility index (Phi) is 7.55. The first-order valence-electron chi connectivity index (χ1n) is 9.39. The van der Waals surface area contributed by atoms with E-state index in [9.17, 15) is 9.59 Å². The molecule has 6 nitrogen and oxygen atoms in total. The number of nitrogens with one attached hydrogen (secondary N) is 1. The minimum Gasteiger partial charge on any atom is -0.493 e. The number of methoxy groups -OCH3 is 1. The monoisotopic (exact) mass is 456 g/mol. The highest BCUT2D eigenvalue weighted by Gasteiger charge is 2.23. The number of amides is 2. The van der Waals surface area contributed by atoms with E-state index in [-0.39, 0.29) is 17.7 Å². The zero-order chi connectivity index (χ0) is 22.4. The number of hydrogen-bond acceptors (Lipinski definition) is 5. The van der Waals surface area contributed by atoms with Crippen LogP contribution in [-0.2, 0) is 22.6 Å². The predicted molar refractivity (Wildman–Crippen MR) is 125 cm³/mol. The fourth-order valence-electron chi connectivity index (χ4n) is 2.92. The first-order chi connectivity index (χ1) is 14.9. The van der Waals surface area contributed by atoms with Crippen molar-refractivity contribution in [3.8, 4) is 11.5 Å². The van der Waals surface area contributed by atoms with Crippen molar-refractivity contribution in [2.24, 2.45) is 4.99 Å². The predicted octanol–water partition coefficient (Wildman–Crippen LogP) is 4.76. The molecule has 160 valence electrons. The van der Waals surface area contributed by atoms with Crippen LogP contribution in [0.2, 0.25) is 5.02 Å². The summed E-state index contributed by atoms with van der Waals surface area (Å²) in [7, 11) is 1.56. The molecule has 0 saturated heterocycles. The molecule has 1 N–H and O–H groups in total. The normalized spacial score (nSPS) is 14.4. The van der Waals surface area contributed by atoms with Crippen molar-refractivity contribution in [2.75, 3.05) is 7.11 Å². The maximum atomic E-state index is 12.2. The number of ether oxygens (including phenoxy) is 2. The van der Waals surface area contributed by atoms with Crippen LogP contribution in [0.5, 0.6) is 11.5 Å². The van der Waals surface area contributed by atoms with Crippen molar-refractivity contribution < 1.29 is 19.1 Å². The van der Waals surface area contributed by atoms with Crippen LogP contribution in [0.3, 0.4) is 0 Å². The highest BCUT2D eigenvalue weighted by Crippen LogP contribution is 2.36. The van der Waals surface area contributed by atoms with Crippen molar-refractivity contribution in [3.05, 3.63) is 75.7 Å². The van der Waals surface area contributed by atoms with Crippen molar-refractivity contribution in [1.29, 1.82) is 0 Å². The third-order valence-corrected chi connectivity index (χ3v) is 5.54. The van der Waals surface area contributed by atoms with Gasteiger partial charge in [0.25, 0.3) is 5.91 Å². The summed E-state index contributed by atoms with van der Waals surface area (Å²) in [6.45, 7) is 5.46. The smallest absolute Gasteiger partial charge is 0.286 e. The molecule has 0 unspecified atom stereocenters. The highest BCUT2D eigenvalue weighted by molar-refractivity contribution is 8.18. The van der Waals surface area contributed by atoms with E-state index >= 15 is 0 Å². The number of carbonyl (C=O) groups excluding carboxylic acids is 2. The van der Waals surface area contributed by atoms with E-state index in [1.54, 1.807) is 25.3 Å². The molecular weight excluding hydrogens is 436 g/mol. The second-order valence-electron chi connectivity index (χ2n) is 6.60. The molecule has 1 aliphatic heterocycles. The summed E-state index contributed by atoms with van der Waals surface area (Å²) in [5, 5.41) is 3.42. The minimum atomic E-state index is -0.406. The Morgan fingerprint density at radius 1 is 1.29 bits per heavy atom. The molecule has 0 saturated carbocycles. The van der Waals surface area contributed by atoms with E-state index in [1.807, 2.05) is 30.3 Å². The molecule has 1 aliphatic rings. The summed E-state index contributed by atoms with van der Waals surface area (Å²) in [4.78, 5) is 27.6. The molecule has 0 bridgehead atoms. The number of allylic oxidation sites excluding steroid dienone is 1. The quantitative estimate of drug-likeness (QED) is 0.480. The number of benzene rings is 2. The van der Waals surface area contributed by atoms with Crippen LogP contribution < -0.4 is 14.8 Å². The van der Waals surface area contributed by atoms with Gasteiger partial charge in [-0.15, -0.1) is 6.58 Å². The molecule has 8 heteroatoms. The van der Waals surface area contributed by atoms with Crippen LogP contribution in [-0.4, -0.2) is 24.1 Å². The van der Waals surface area contributed by atoms with Crippen LogP contribution in [0.4, 0.5) is 0 Å². The molecule has 2 aromatic carbocycles. The molecule has 0 aromatic heterocycles. The van der Waals surface area contributed by atoms with E-state index < -0.39 is 5.91 Å². The Balaban J connectivity index is 1.89. The van der Waals surface area contributed by atoms with Crippen molar-refractivity contribution >= 4 is 46.4 Å². The van der Waals surface area contributed by atoms with Crippen molar-refractivity contribution in [1.82, 2.24) is 5.32 Å². The van der Waals surface area contributed by atoms with Crippen molar-refractivity contribution in [3.63, 3.8) is 0 Å². The minimum absolute atomic E-state index is 0.265. The second-order valence-corrected chi connectivity index (χ2v) is 8.04. The lowest BCUT2D eigenvalue weighted by Gasteiger charge is -2.16. The molecule has 3 rings (SSSR count). The number of carbonyl (C=O) groups is 2. The number of amidine groups is 1. The average molecular weight is 457 g/mol. The SMILES string of the molecule is C=CCc1cc(/C=C2/SC(NC(C)=O)=NC2=O)cc(OC)c1OCc1ccccc1Cl. The summed E-state index contributed by atoms with van der Waals surface area (Å²) in [5.74, 6) is 0.425. The second kappa shape index (κ2) is 10.3. The maximum absolute atomic E-state index is 12.2. The Bertz CT molecular complexity index is 1090. The van der Waals surface area contributed by atoms with Gasteiger partial charge in [-0.05, 0) is 48.0 Å². The molecule has 0 atom stereocenters. The summed E-state index contributed by atoms with van der Waals surface area (Å²) >= 11 is 7.35. The van der Waals surface area contributed by atoms with Gasteiger partial charge in [0.2, 0.25) is 5.91 Å². The van der Waals surface area contributed by atoms with E-state index in [0.717, 1.165) is 28.5 Å². The van der Waals surface area contributed by atoms with E-state index in [0.29, 0.717) is 27.8 Å². The standard InChI is InChI=1S/C23H21ClN2O4S/c1-4-7-16-10-15(12-20-22(28)26-23(31-20)25-14(2)27)11-19(29-3)21(16)30-13-17-8-5-6-9-18(17)24/h4-6,8-12H,1,7,13H2,2-3H3,(H,25,26,27,28)/b20-12+. The summed E-state index contributed by atoms with van der Waals surface area (Å²) in [6, 6.07) is 11.2. The summed E-state index contributed by atoms with van der Waals surface area (Å²) < 4.78 is 11.6. The molecular formula is C23H21ClN2O4S. The third kappa shape index (κ3) is 5.77. The Hall–Kier alpha value is -3.03. The zero-order valence-electron chi connectivity index (χ0n) is 17.1. The van der Waals surface area contributed by atoms with Gasteiger partial charge in [0.05, 0.1) is 12.0 Å². The number of thioether (sulfide) groups is 1. The third-order valence-electron chi connectivity index (χ3n) is 4.27. The molecule has 0 fully saturated rings. The fourth-order valence-corrected chi connectivity index (χ4v) is 3.97. The molecule has 0 spiro atoms. The number of aliphatic imine (C=N–C) groups is 1. The lowest BCUT2D eigenvalue weighted by atomic mass is 10.0. The molecule has 0 aliphatic carbocycles. The fraction of sp³-hybridized carbons (Fsp3) is 0.174. The lowest BCUT2D eigenvalue weighted by molar-refractivity contribution is -0.117. The van der Waals surface area contributed by atoms with Gasteiger partial charge in [0, 0.05) is 23.1 Å². The van der Waals surface area contributed by atoms with Gasteiger partial charge in [0.1, 0.15) is 6.61 Å². The Morgan fingerprint density at radius 3 is 2.74 bits per heavy atom. The Labute approximate surface area is 190 Å². The lowest BCUT2D eigenvalue weighted by Crippen LogP contribution is -2.23. The van der Waals surface area contributed by atoms with Crippen LogP contribution in [0.1, 0.15) is 23.6 Å². The van der Waals surface area contributed by atoms with Gasteiger partial charge in [0.15, 0.2) is 16.7 Å². The van der Waals surface area contributed by atoms with Crippen LogP contribution >= 0.6 is 23.4 Å². The zero-order valence-corrected chi connectivity index (χ0v) is 18.7. The number of halogens is 1. The Morgan fingerprint density at radius 2 is 2.06 bits per heavy atom. The van der Waals surface area contributed by atoms with Gasteiger partial charge in [-0.2, -0.15) is 4.99 Å². The number of hydrogen-bond donors (Lipinski definition) is 1. The molecule has 1 heterocycles. The van der Waals surface area contributed by atoms with Crippen LogP contribution in [0.25, 0.3) is 6.08 Å². The first-order valence-corrected chi connectivity index (χ1v) is 10.6. The maximum Gasteiger partial charge on any atom is 0.286 e. The molecule has 2 aromatic rings. The van der Waals surface area contributed by atoms with Gasteiger partial charge in [-0.3, -0.25) is 9.59 Å². The van der Waals surface area contributed by atoms with Crippen LogP contribution in [0, 0.1) is 0 Å². The molecule has 0 radical (unpaired) electrons. The number of nitrogens with zero attached hydrogens (tertiary/aromatic N) is 1. The van der Waals surface area contributed by atoms with Gasteiger partial charge < -0.3 is 14.8 Å². The number of rotatable bonds is 7. The molecule has 2 amide bonds. The molecule has 31 heavy (non-hydrogen) atoms. The van der Waals surface area contributed by atoms with Crippen molar-refractivity contribution in [2.45, 2.75) is 20.0 Å². The van der Waals surface area contributed by atoms with Gasteiger partial charge >= 0.3 is 0 Å². The average Bonchev–Trinajstić information content (AvgIpc) is 3.06. The van der Waals surface area contributed by atoms with Gasteiger partial charge in [-0.25, -0.2) is 0 Å². The van der Waals surface area contributed by atoms with Gasteiger partial charge in [-0.1, -0.05) is 35.9 Å². The summed E-state index contributed by atoms with van der Waals surface area (Å²) in [6.07, 6.45) is 4.01. The van der Waals surface area contributed by atoms with E-state index in [1.165, 1.54) is 6.92 Å². The highest BCUT2D eigenvalue weighted by atomic mass is 35.5.